The van der Waals surface area contributed by atoms with Crippen molar-refractivity contribution in [2.24, 2.45) is 0 Å². The van der Waals surface area contributed by atoms with Gasteiger partial charge in [0.15, 0.2) is 9.84 Å². The number of hydrogen-bond donors (Lipinski definition) is 2. The summed E-state index contributed by atoms with van der Waals surface area (Å²) < 4.78 is 21.8. The highest BCUT2D eigenvalue weighted by Crippen LogP contribution is 2.09. The van der Waals surface area contributed by atoms with E-state index in [0.717, 1.165) is 11.3 Å². The lowest BCUT2D eigenvalue weighted by Gasteiger charge is -2.05. The van der Waals surface area contributed by atoms with Crippen LogP contribution in [0.5, 0.6) is 0 Å². The highest BCUT2D eigenvalue weighted by Gasteiger charge is 2.00. The van der Waals surface area contributed by atoms with E-state index in [-0.39, 0.29) is 12.5 Å². The molecule has 0 radical (unpaired) electrons. The van der Waals surface area contributed by atoms with Gasteiger partial charge in [-0.1, -0.05) is 12.1 Å². The molecule has 15 heavy (non-hydrogen) atoms. The second-order valence-corrected chi connectivity index (χ2v) is 5.56. The molecule has 84 valence electrons. The largest absolute Gasteiger partial charge is 0.396 e. The van der Waals surface area contributed by atoms with Crippen molar-refractivity contribution in [1.29, 1.82) is 0 Å². The van der Waals surface area contributed by atoms with Crippen LogP contribution in [-0.2, 0) is 16.3 Å². The van der Waals surface area contributed by atoms with E-state index in [1.807, 2.05) is 12.1 Å². The maximum atomic E-state index is 10.9. The van der Waals surface area contributed by atoms with Crippen LogP contribution in [0.25, 0.3) is 0 Å². The first kappa shape index (κ1) is 12.0. The average Bonchev–Trinajstić information content (AvgIpc) is 2.16. The zero-order valence-corrected chi connectivity index (χ0v) is 9.42. The maximum Gasteiger partial charge on any atom is 0.165 e. The van der Waals surface area contributed by atoms with Crippen LogP contribution in [0.1, 0.15) is 5.56 Å². The number of rotatable bonds is 5. The summed E-state index contributed by atoms with van der Waals surface area (Å²) in [7, 11) is -2.99. The lowest BCUT2D eigenvalue weighted by molar-refractivity contribution is 0.299. The molecule has 5 heteroatoms. The molecule has 1 rings (SSSR count). The summed E-state index contributed by atoms with van der Waals surface area (Å²) in [5.41, 5.74) is 1.80. The van der Waals surface area contributed by atoms with Crippen LogP contribution in [0, 0.1) is 0 Å². The van der Waals surface area contributed by atoms with E-state index in [1.54, 1.807) is 12.1 Å². The van der Waals surface area contributed by atoms with Crippen molar-refractivity contribution >= 4 is 15.5 Å². The molecule has 2 N–H and O–H groups in total. The predicted molar refractivity (Wildman–Crippen MR) is 60.6 cm³/mol. The van der Waals surface area contributed by atoms with Gasteiger partial charge in [-0.2, -0.15) is 0 Å². The van der Waals surface area contributed by atoms with Crippen LogP contribution in [0.4, 0.5) is 5.69 Å². The van der Waals surface area contributed by atoms with Crippen molar-refractivity contribution in [3.63, 3.8) is 0 Å². The molecule has 0 aliphatic carbocycles. The van der Waals surface area contributed by atoms with E-state index in [4.69, 9.17) is 5.11 Å². The Morgan fingerprint density at radius 3 is 2.33 bits per heavy atom. The zero-order chi connectivity index (χ0) is 11.3. The third-order valence-corrected chi connectivity index (χ3v) is 2.56. The van der Waals surface area contributed by atoms with E-state index in [0.29, 0.717) is 6.42 Å². The average molecular weight is 229 g/mol. The Kier molecular flexibility index (Phi) is 4.11. The van der Waals surface area contributed by atoms with E-state index >= 15 is 0 Å². The number of benzene rings is 1. The quantitative estimate of drug-likeness (QED) is 0.777. The standard InChI is InChI=1S/C10H15NO3S/c1-15(13,14)8-11-10-4-2-9(3-5-10)6-7-12/h2-5,11-12H,6-8H2,1H3. The van der Waals surface area contributed by atoms with Crippen LogP contribution < -0.4 is 5.32 Å². The van der Waals surface area contributed by atoms with Crippen molar-refractivity contribution < 1.29 is 13.5 Å². The molecule has 0 bridgehead atoms. The Balaban J connectivity index is 2.57. The van der Waals surface area contributed by atoms with Gasteiger partial charge in [0.2, 0.25) is 0 Å². The number of sulfone groups is 1. The van der Waals surface area contributed by atoms with Gasteiger partial charge in [-0.25, -0.2) is 8.42 Å². The summed E-state index contributed by atoms with van der Waals surface area (Å²) in [6.07, 6.45) is 1.80. The third kappa shape index (κ3) is 4.80. The smallest absolute Gasteiger partial charge is 0.165 e. The molecule has 0 fully saturated rings. The normalized spacial score (nSPS) is 11.3. The molecule has 0 aliphatic heterocycles. The minimum atomic E-state index is -2.99. The number of aliphatic hydroxyl groups excluding tert-OH is 1. The lowest BCUT2D eigenvalue weighted by Crippen LogP contribution is -2.12. The molecule has 4 nitrogen and oxygen atoms in total. The van der Waals surface area contributed by atoms with Crippen LogP contribution >= 0.6 is 0 Å². The van der Waals surface area contributed by atoms with Crippen LogP contribution in [0.15, 0.2) is 24.3 Å². The van der Waals surface area contributed by atoms with Gasteiger partial charge < -0.3 is 10.4 Å². The highest BCUT2D eigenvalue weighted by atomic mass is 32.2. The van der Waals surface area contributed by atoms with E-state index < -0.39 is 9.84 Å². The Morgan fingerprint density at radius 2 is 1.87 bits per heavy atom. The Bertz CT molecular complexity index is 397. The Labute approximate surface area is 89.9 Å². The monoisotopic (exact) mass is 229 g/mol. The molecule has 0 saturated carbocycles. The lowest BCUT2D eigenvalue weighted by atomic mass is 10.1. The van der Waals surface area contributed by atoms with E-state index in [9.17, 15) is 8.42 Å². The topological polar surface area (TPSA) is 66.4 Å². The molecule has 0 amide bonds. The van der Waals surface area contributed by atoms with Crippen molar-refractivity contribution in [3.05, 3.63) is 29.8 Å². The fourth-order valence-corrected chi connectivity index (χ4v) is 1.56. The zero-order valence-electron chi connectivity index (χ0n) is 8.60. The van der Waals surface area contributed by atoms with E-state index in [1.165, 1.54) is 6.26 Å². The minimum absolute atomic E-state index is 0.0631. The second-order valence-electron chi connectivity index (χ2n) is 3.42. The highest BCUT2D eigenvalue weighted by molar-refractivity contribution is 7.90. The van der Waals surface area contributed by atoms with Gasteiger partial charge >= 0.3 is 0 Å². The summed E-state index contributed by atoms with van der Waals surface area (Å²) in [6, 6.07) is 7.33. The van der Waals surface area contributed by atoms with Gasteiger partial charge in [-0.3, -0.25) is 0 Å². The van der Waals surface area contributed by atoms with Gasteiger partial charge in [0.1, 0.15) is 5.88 Å². The van der Waals surface area contributed by atoms with Gasteiger partial charge in [0.05, 0.1) is 0 Å². The molecular weight excluding hydrogens is 214 g/mol. The number of aliphatic hydroxyl groups is 1. The molecule has 0 aliphatic rings. The molecule has 1 aromatic carbocycles. The van der Waals surface area contributed by atoms with Gasteiger partial charge in [0, 0.05) is 18.6 Å². The number of hydrogen-bond acceptors (Lipinski definition) is 4. The first-order valence-corrected chi connectivity index (χ1v) is 6.69. The first-order valence-electron chi connectivity index (χ1n) is 4.62. The van der Waals surface area contributed by atoms with E-state index in [2.05, 4.69) is 5.32 Å². The number of nitrogens with one attached hydrogen (secondary N) is 1. The SMILES string of the molecule is CS(=O)(=O)CNc1ccc(CCO)cc1. The van der Waals surface area contributed by atoms with Crippen LogP contribution in [0.2, 0.25) is 0 Å². The molecule has 0 spiro atoms. The van der Waals surface area contributed by atoms with Crippen molar-refractivity contribution in [3.8, 4) is 0 Å². The summed E-state index contributed by atoms with van der Waals surface area (Å²) in [5.74, 6) is -0.0631. The summed E-state index contributed by atoms with van der Waals surface area (Å²) in [4.78, 5) is 0. The summed E-state index contributed by atoms with van der Waals surface area (Å²) >= 11 is 0. The van der Waals surface area contributed by atoms with Gasteiger partial charge in [0.25, 0.3) is 0 Å². The Morgan fingerprint density at radius 1 is 1.27 bits per heavy atom. The molecule has 1 aromatic rings. The van der Waals surface area contributed by atoms with Crippen molar-refractivity contribution in [1.82, 2.24) is 0 Å². The van der Waals surface area contributed by atoms with Gasteiger partial charge in [-0.15, -0.1) is 0 Å². The fourth-order valence-electron chi connectivity index (χ4n) is 1.13. The fraction of sp³-hybridized carbons (Fsp3) is 0.400. The summed E-state index contributed by atoms with van der Waals surface area (Å²) in [6.45, 7) is 0.121. The molecular formula is C10H15NO3S. The first-order chi connectivity index (χ1) is 7.01. The molecule has 0 atom stereocenters. The van der Waals surface area contributed by atoms with Gasteiger partial charge in [-0.05, 0) is 24.1 Å². The van der Waals surface area contributed by atoms with Crippen LogP contribution in [-0.4, -0.2) is 32.3 Å². The molecule has 0 aromatic heterocycles. The van der Waals surface area contributed by atoms with Crippen LogP contribution in [0.3, 0.4) is 0 Å². The Hall–Kier alpha value is -1.07. The minimum Gasteiger partial charge on any atom is -0.396 e. The predicted octanol–water partition coefficient (Wildman–Crippen LogP) is 0.635. The van der Waals surface area contributed by atoms with Crippen molar-refractivity contribution in [2.75, 3.05) is 24.1 Å². The molecule has 0 unspecified atom stereocenters. The van der Waals surface area contributed by atoms with Crippen molar-refractivity contribution in [2.45, 2.75) is 6.42 Å². The maximum absolute atomic E-state index is 10.9. The second kappa shape index (κ2) is 5.14. The number of anilines is 1. The third-order valence-electron chi connectivity index (χ3n) is 1.89. The molecule has 0 saturated heterocycles. The molecule has 0 heterocycles. The summed E-state index contributed by atoms with van der Waals surface area (Å²) in [5, 5.41) is 11.5.